The Labute approximate surface area is 116 Å². The summed E-state index contributed by atoms with van der Waals surface area (Å²) >= 11 is 0. The maximum absolute atomic E-state index is 12.0. The smallest absolute Gasteiger partial charge is 0.266 e. The van der Waals surface area contributed by atoms with Crippen LogP contribution in [0.25, 0.3) is 0 Å². The molecule has 0 saturated carbocycles. The third-order valence-corrected chi connectivity index (χ3v) is 3.58. The maximum Gasteiger partial charge on any atom is 0.266 e. The highest BCUT2D eigenvalue weighted by Gasteiger charge is 2.16. The average molecular weight is 294 g/mol. The highest BCUT2D eigenvalue weighted by molar-refractivity contribution is 7.92. The molecule has 0 unspecified atom stereocenters. The lowest BCUT2D eigenvalue weighted by atomic mass is 10.5. The second-order valence-electron chi connectivity index (χ2n) is 3.87. The van der Waals surface area contributed by atoms with Gasteiger partial charge in [0.15, 0.2) is 5.82 Å². The molecule has 2 N–H and O–H groups in total. The molecule has 0 radical (unpaired) electrons. The standard InChI is InChI=1S/C11H14N6O2S/c1-2-3-14-11-15-6-9(7-16-11)20(18,19)17-10-8-12-4-5-13-10/h4-8H,2-3H2,1H3,(H,13,17)(H,14,15,16). The first-order valence-corrected chi connectivity index (χ1v) is 7.45. The molecule has 0 aliphatic rings. The van der Waals surface area contributed by atoms with Gasteiger partial charge in [-0.25, -0.2) is 23.4 Å². The molecule has 0 fully saturated rings. The van der Waals surface area contributed by atoms with Gasteiger partial charge in [0.05, 0.1) is 18.6 Å². The van der Waals surface area contributed by atoms with E-state index in [0.717, 1.165) is 13.0 Å². The van der Waals surface area contributed by atoms with E-state index < -0.39 is 10.0 Å². The fourth-order valence-corrected chi connectivity index (χ4v) is 2.21. The minimum Gasteiger partial charge on any atom is -0.354 e. The zero-order chi connectivity index (χ0) is 14.4. The van der Waals surface area contributed by atoms with Crippen LogP contribution in [0.3, 0.4) is 0 Å². The van der Waals surface area contributed by atoms with Crippen molar-refractivity contribution in [1.82, 2.24) is 19.9 Å². The van der Waals surface area contributed by atoms with Crippen molar-refractivity contribution in [2.24, 2.45) is 0 Å². The van der Waals surface area contributed by atoms with Crippen molar-refractivity contribution in [3.05, 3.63) is 31.0 Å². The Kier molecular flexibility index (Phi) is 4.41. The highest BCUT2D eigenvalue weighted by atomic mass is 32.2. The summed E-state index contributed by atoms with van der Waals surface area (Å²) in [6.45, 7) is 2.74. The van der Waals surface area contributed by atoms with Crippen LogP contribution in [0.1, 0.15) is 13.3 Å². The Morgan fingerprint density at radius 3 is 2.45 bits per heavy atom. The number of aromatic nitrogens is 4. The molecule has 0 atom stereocenters. The van der Waals surface area contributed by atoms with Crippen LogP contribution < -0.4 is 10.0 Å². The number of sulfonamides is 1. The Morgan fingerprint density at radius 2 is 1.85 bits per heavy atom. The molecule has 20 heavy (non-hydrogen) atoms. The van der Waals surface area contributed by atoms with Crippen LogP contribution in [0, 0.1) is 0 Å². The van der Waals surface area contributed by atoms with Crippen LogP contribution in [0.4, 0.5) is 11.8 Å². The molecule has 2 rings (SSSR count). The molecule has 0 saturated heterocycles. The van der Waals surface area contributed by atoms with Crippen LogP contribution in [-0.4, -0.2) is 34.9 Å². The summed E-state index contributed by atoms with van der Waals surface area (Å²) in [6, 6.07) is 0. The van der Waals surface area contributed by atoms with E-state index in [1.54, 1.807) is 0 Å². The van der Waals surface area contributed by atoms with Crippen LogP contribution in [-0.2, 0) is 10.0 Å². The molecule has 2 aromatic heterocycles. The Hall–Kier alpha value is -2.29. The Balaban J connectivity index is 2.13. The van der Waals surface area contributed by atoms with Gasteiger partial charge in [-0.15, -0.1) is 0 Å². The third-order valence-electron chi connectivity index (χ3n) is 2.27. The SMILES string of the molecule is CCCNc1ncc(S(=O)(=O)Nc2cnccn2)cn1. The normalized spacial score (nSPS) is 11.1. The Bertz CT molecular complexity index is 644. The van der Waals surface area contributed by atoms with Crippen molar-refractivity contribution >= 4 is 21.8 Å². The summed E-state index contributed by atoms with van der Waals surface area (Å²) in [4.78, 5) is 15.5. The van der Waals surface area contributed by atoms with E-state index in [1.807, 2.05) is 6.92 Å². The summed E-state index contributed by atoms with van der Waals surface area (Å²) in [5.41, 5.74) is 0. The summed E-state index contributed by atoms with van der Waals surface area (Å²) in [5, 5.41) is 2.96. The van der Waals surface area contributed by atoms with Crippen molar-refractivity contribution < 1.29 is 8.42 Å². The van der Waals surface area contributed by atoms with E-state index in [1.165, 1.54) is 31.0 Å². The lowest BCUT2D eigenvalue weighted by Crippen LogP contribution is -2.15. The number of rotatable bonds is 6. The monoisotopic (exact) mass is 294 g/mol. The minimum absolute atomic E-state index is 0.0369. The molecular formula is C11H14N6O2S. The summed E-state index contributed by atoms with van der Waals surface area (Å²) in [7, 11) is -3.76. The summed E-state index contributed by atoms with van der Waals surface area (Å²) < 4.78 is 26.4. The van der Waals surface area contributed by atoms with E-state index in [2.05, 4.69) is 30.0 Å². The highest BCUT2D eigenvalue weighted by Crippen LogP contribution is 2.12. The van der Waals surface area contributed by atoms with Crippen LogP contribution in [0.2, 0.25) is 0 Å². The van der Waals surface area contributed by atoms with Gasteiger partial charge >= 0.3 is 0 Å². The van der Waals surface area contributed by atoms with Gasteiger partial charge in [-0.1, -0.05) is 6.92 Å². The molecule has 9 heteroatoms. The quantitative estimate of drug-likeness (QED) is 0.814. The van der Waals surface area contributed by atoms with Crippen LogP contribution in [0.15, 0.2) is 35.9 Å². The molecular weight excluding hydrogens is 280 g/mol. The van der Waals surface area contributed by atoms with Gasteiger partial charge in [0.25, 0.3) is 10.0 Å². The van der Waals surface area contributed by atoms with Crippen molar-refractivity contribution in [1.29, 1.82) is 0 Å². The van der Waals surface area contributed by atoms with E-state index in [4.69, 9.17) is 0 Å². The van der Waals surface area contributed by atoms with Gasteiger partial charge in [-0.3, -0.25) is 9.71 Å². The van der Waals surface area contributed by atoms with Crippen molar-refractivity contribution in [3.8, 4) is 0 Å². The van der Waals surface area contributed by atoms with Gasteiger partial charge in [-0.2, -0.15) is 0 Å². The molecule has 0 aliphatic heterocycles. The van der Waals surface area contributed by atoms with Crippen LogP contribution >= 0.6 is 0 Å². The predicted molar refractivity (Wildman–Crippen MR) is 73.7 cm³/mol. The molecule has 2 heterocycles. The fraction of sp³-hybridized carbons (Fsp3) is 0.273. The van der Waals surface area contributed by atoms with E-state index >= 15 is 0 Å². The molecule has 8 nitrogen and oxygen atoms in total. The number of nitrogens with zero attached hydrogens (tertiary/aromatic N) is 4. The maximum atomic E-state index is 12.0. The number of hydrogen-bond donors (Lipinski definition) is 2. The number of hydrogen-bond acceptors (Lipinski definition) is 7. The summed E-state index contributed by atoms with van der Waals surface area (Å²) in [5.74, 6) is 0.533. The van der Waals surface area contributed by atoms with Crippen molar-refractivity contribution in [3.63, 3.8) is 0 Å². The first kappa shape index (κ1) is 14.1. The lowest BCUT2D eigenvalue weighted by molar-refractivity contribution is 0.600. The van der Waals surface area contributed by atoms with E-state index in [-0.39, 0.29) is 10.7 Å². The van der Waals surface area contributed by atoms with Gasteiger partial charge in [0.2, 0.25) is 5.95 Å². The largest absolute Gasteiger partial charge is 0.354 e. The zero-order valence-electron chi connectivity index (χ0n) is 10.8. The third kappa shape index (κ3) is 3.60. The molecule has 0 amide bonds. The van der Waals surface area contributed by atoms with Crippen LogP contribution in [0.5, 0.6) is 0 Å². The summed E-state index contributed by atoms with van der Waals surface area (Å²) in [6.07, 6.45) is 7.57. The number of anilines is 2. The molecule has 0 bridgehead atoms. The lowest BCUT2D eigenvalue weighted by Gasteiger charge is -2.07. The average Bonchev–Trinajstić information content (AvgIpc) is 2.46. The first-order valence-electron chi connectivity index (χ1n) is 5.96. The van der Waals surface area contributed by atoms with Gasteiger partial charge in [-0.05, 0) is 6.42 Å². The van der Waals surface area contributed by atoms with Crippen molar-refractivity contribution in [2.45, 2.75) is 18.2 Å². The molecule has 0 aromatic carbocycles. The fourth-order valence-electron chi connectivity index (χ4n) is 1.33. The number of nitrogens with one attached hydrogen (secondary N) is 2. The zero-order valence-corrected chi connectivity index (χ0v) is 11.6. The first-order chi connectivity index (χ1) is 9.62. The predicted octanol–water partition coefficient (Wildman–Crippen LogP) is 0.889. The molecule has 2 aromatic rings. The van der Waals surface area contributed by atoms with Gasteiger partial charge in [0.1, 0.15) is 4.90 Å². The molecule has 0 spiro atoms. The molecule has 106 valence electrons. The van der Waals surface area contributed by atoms with Gasteiger partial charge in [0, 0.05) is 18.9 Å². The Morgan fingerprint density at radius 1 is 1.10 bits per heavy atom. The van der Waals surface area contributed by atoms with Gasteiger partial charge < -0.3 is 5.32 Å². The van der Waals surface area contributed by atoms with Crippen molar-refractivity contribution in [2.75, 3.05) is 16.6 Å². The second-order valence-corrected chi connectivity index (χ2v) is 5.55. The minimum atomic E-state index is -3.76. The topological polar surface area (TPSA) is 110 Å². The second kappa shape index (κ2) is 6.24. The van der Waals surface area contributed by atoms with E-state index in [9.17, 15) is 8.42 Å². The molecule has 0 aliphatic carbocycles. The van der Waals surface area contributed by atoms with E-state index in [0.29, 0.717) is 5.95 Å².